The molecule has 0 aliphatic rings. The second-order valence-electron chi connectivity index (χ2n) is 0.557. The van der Waals surface area contributed by atoms with Gasteiger partial charge < -0.3 is 10.3 Å². The zero-order valence-electron chi connectivity index (χ0n) is 3.33. The summed E-state index contributed by atoms with van der Waals surface area (Å²) in [7, 11) is 0. The van der Waals surface area contributed by atoms with Crippen LogP contribution in [-0.2, 0) is 20.6 Å². The highest BCUT2D eigenvalue weighted by Crippen LogP contribution is 1.75. The van der Waals surface area contributed by atoms with Crippen molar-refractivity contribution in [3.8, 4) is 0 Å². The number of rotatable bonds is 3. The number of hydrogen-bond acceptors (Lipinski definition) is 5. The monoisotopic (exact) mass is 126 g/mol. The molecule has 0 rings (SSSR count). The van der Waals surface area contributed by atoms with E-state index in [-0.39, 0.29) is 6.73 Å². The third kappa shape index (κ3) is 5.99. The van der Waals surface area contributed by atoms with Gasteiger partial charge in [0.2, 0.25) is 0 Å². The first-order chi connectivity index (χ1) is 3.27. The maximum atomic E-state index is 9.36. The molecule has 0 saturated carbocycles. The summed E-state index contributed by atoms with van der Waals surface area (Å²) in [6.07, 6.45) is 0. The summed E-state index contributed by atoms with van der Waals surface area (Å²) in [6, 6.07) is 0. The average Bonchev–Trinajstić information content (AvgIpc) is 1.61. The van der Waals surface area contributed by atoms with E-state index in [1.807, 2.05) is 0 Å². The molecular weight excluding hydrogens is 122 g/mol. The Bertz CT molecular complexity index is 64.7. The molecule has 44 valence electrons. The van der Waals surface area contributed by atoms with Crippen molar-refractivity contribution in [2.45, 2.75) is 0 Å². The van der Waals surface area contributed by atoms with Crippen molar-refractivity contribution < 1.29 is 18.0 Å². The van der Waals surface area contributed by atoms with E-state index in [1.165, 1.54) is 0 Å². The first-order valence-corrected chi connectivity index (χ1v) is 2.36. The van der Waals surface area contributed by atoms with Crippen LogP contribution in [0.4, 0.5) is 0 Å². The molecule has 0 radical (unpaired) electrons. The summed E-state index contributed by atoms with van der Waals surface area (Å²) < 4.78 is 22.2. The quantitative estimate of drug-likeness (QED) is 0.218. The Morgan fingerprint density at radius 2 is 2.43 bits per heavy atom. The highest BCUT2D eigenvalue weighted by Gasteiger charge is 1.77. The predicted octanol–water partition coefficient (Wildman–Crippen LogP) is -1.36. The maximum Gasteiger partial charge on any atom is 0.131 e. The van der Waals surface area contributed by atoms with Gasteiger partial charge in [-0.25, -0.2) is 9.10 Å². The Morgan fingerprint density at radius 3 is 2.57 bits per heavy atom. The van der Waals surface area contributed by atoms with Gasteiger partial charge in [-0.1, -0.05) is 0 Å². The summed E-state index contributed by atoms with van der Waals surface area (Å²) in [5, 5.41) is 0. The lowest BCUT2D eigenvalue weighted by Gasteiger charge is -1.99. The molecule has 0 amide bonds. The van der Waals surface area contributed by atoms with Crippen LogP contribution in [0.2, 0.25) is 0 Å². The number of nitrogens with two attached hydrogens (primary N) is 1. The van der Waals surface area contributed by atoms with Crippen molar-refractivity contribution in [1.82, 2.24) is 0 Å². The molecule has 0 aromatic rings. The minimum atomic E-state index is -2.62. The van der Waals surface area contributed by atoms with Crippen LogP contribution in [0.5, 0.6) is 0 Å². The Kier molecular flexibility index (Phi) is 4.15. The van der Waals surface area contributed by atoms with Gasteiger partial charge in [-0.3, -0.25) is 0 Å². The highest BCUT2D eigenvalue weighted by atomic mass is 32.2. The minimum Gasteiger partial charge on any atom is -0.748 e. The Labute approximate surface area is 42.8 Å². The maximum absolute atomic E-state index is 9.36. The van der Waals surface area contributed by atoms with E-state index in [0.717, 1.165) is 0 Å². The summed E-state index contributed by atoms with van der Waals surface area (Å²) in [4.78, 5) is 3.76. The average molecular weight is 126 g/mol. The van der Waals surface area contributed by atoms with Crippen LogP contribution in [0.25, 0.3) is 0 Å². The van der Waals surface area contributed by atoms with Crippen molar-refractivity contribution in [2.75, 3.05) is 6.73 Å². The van der Waals surface area contributed by atoms with Gasteiger partial charge in [-0.05, 0) is 0 Å². The fourth-order valence-corrected chi connectivity index (χ4v) is 0.201. The molecule has 6 heteroatoms. The number of hydrogen-bond donors (Lipinski definition) is 1. The molecule has 0 aromatic heterocycles. The zero-order chi connectivity index (χ0) is 5.70. The summed E-state index contributed by atoms with van der Waals surface area (Å²) >= 11 is -2.62. The van der Waals surface area contributed by atoms with Crippen molar-refractivity contribution >= 4 is 11.4 Å². The van der Waals surface area contributed by atoms with Gasteiger partial charge >= 0.3 is 0 Å². The molecule has 0 saturated heterocycles. The standard InChI is InChI=1S/CH5NO4S/c2-1-5-6-7(3)4/h1-2H2,(H,3,4)/p-1. The third-order valence-electron chi connectivity index (χ3n) is 0.172. The lowest BCUT2D eigenvalue weighted by atomic mass is 11.4. The Hall–Kier alpha value is -0.0100. The molecule has 0 fully saturated rings. The lowest BCUT2D eigenvalue weighted by molar-refractivity contribution is -0.200. The molecule has 1 atom stereocenters. The van der Waals surface area contributed by atoms with E-state index < -0.39 is 11.4 Å². The molecule has 0 aliphatic carbocycles. The first kappa shape index (κ1) is 6.99. The Morgan fingerprint density at radius 1 is 1.86 bits per heavy atom. The predicted molar refractivity (Wildman–Crippen MR) is 20.1 cm³/mol. The zero-order valence-corrected chi connectivity index (χ0v) is 4.14. The largest absolute Gasteiger partial charge is 0.748 e. The van der Waals surface area contributed by atoms with Gasteiger partial charge in [-0.2, -0.15) is 0 Å². The first-order valence-electron chi connectivity index (χ1n) is 1.36. The van der Waals surface area contributed by atoms with Crippen LogP contribution in [0.1, 0.15) is 0 Å². The van der Waals surface area contributed by atoms with E-state index in [0.29, 0.717) is 0 Å². The highest BCUT2D eigenvalue weighted by molar-refractivity contribution is 7.73. The Balaban J connectivity index is 2.82. The minimum absolute atomic E-state index is 0.270. The van der Waals surface area contributed by atoms with E-state index in [9.17, 15) is 8.76 Å². The molecule has 0 bridgehead atoms. The second kappa shape index (κ2) is 4.16. The molecule has 1 unspecified atom stereocenters. The molecule has 0 aromatic carbocycles. The molecule has 2 N–H and O–H groups in total. The summed E-state index contributed by atoms with van der Waals surface area (Å²) in [5.74, 6) is 0. The van der Waals surface area contributed by atoms with Crippen molar-refractivity contribution in [3.05, 3.63) is 0 Å². The van der Waals surface area contributed by atoms with Gasteiger partial charge in [0.05, 0.1) is 0 Å². The van der Waals surface area contributed by atoms with Gasteiger partial charge in [0.25, 0.3) is 0 Å². The van der Waals surface area contributed by atoms with Crippen molar-refractivity contribution in [2.24, 2.45) is 5.73 Å². The normalized spacial score (nSPS) is 14.0. The second-order valence-corrected chi connectivity index (χ2v) is 1.10. The van der Waals surface area contributed by atoms with Gasteiger partial charge in [0.15, 0.2) is 0 Å². The van der Waals surface area contributed by atoms with Crippen LogP contribution in [0.3, 0.4) is 0 Å². The van der Waals surface area contributed by atoms with Crippen LogP contribution in [0, 0.1) is 0 Å². The smallest absolute Gasteiger partial charge is 0.131 e. The fourth-order valence-electron chi connectivity index (χ4n) is 0.0671. The van der Waals surface area contributed by atoms with Crippen LogP contribution >= 0.6 is 0 Å². The molecule has 0 aliphatic heterocycles. The van der Waals surface area contributed by atoms with Gasteiger partial charge in [-0.15, -0.1) is 4.33 Å². The van der Waals surface area contributed by atoms with E-state index in [2.05, 4.69) is 15.0 Å². The van der Waals surface area contributed by atoms with E-state index in [1.54, 1.807) is 0 Å². The summed E-state index contributed by atoms with van der Waals surface area (Å²) in [6.45, 7) is -0.270. The van der Waals surface area contributed by atoms with Crippen molar-refractivity contribution in [1.29, 1.82) is 0 Å². The van der Waals surface area contributed by atoms with Crippen LogP contribution < -0.4 is 5.73 Å². The molecule has 0 spiro atoms. The topological polar surface area (TPSA) is 84.6 Å². The summed E-state index contributed by atoms with van der Waals surface area (Å²) in [5.41, 5.74) is 4.66. The van der Waals surface area contributed by atoms with Crippen LogP contribution in [0.15, 0.2) is 0 Å². The van der Waals surface area contributed by atoms with E-state index >= 15 is 0 Å². The fraction of sp³-hybridized carbons (Fsp3) is 1.00. The molecule has 5 nitrogen and oxygen atoms in total. The van der Waals surface area contributed by atoms with Crippen LogP contribution in [-0.4, -0.2) is 15.5 Å². The third-order valence-corrected chi connectivity index (χ3v) is 0.379. The SMILES string of the molecule is NCOOS(=O)[O-]. The van der Waals surface area contributed by atoms with Gasteiger partial charge in [0.1, 0.15) is 18.1 Å². The molecule has 0 heterocycles. The lowest BCUT2D eigenvalue weighted by Crippen LogP contribution is -2.06. The van der Waals surface area contributed by atoms with Gasteiger partial charge in [0, 0.05) is 0 Å². The van der Waals surface area contributed by atoms with Crippen molar-refractivity contribution in [3.63, 3.8) is 0 Å². The molecular formula is CH4NO4S-. The van der Waals surface area contributed by atoms with E-state index in [4.69, 9.17) is 0 Å². The molecule has 7 heavy (non-hydrogen) atoms.